The van der Waals surface area contributed by atoms with E-state index in [1.54, 1.807) is 49.4 Å². The molecule has 0 aliphatic carbocycles. The zero-order chi connectivity index (χ0) is 21.5. The van der Waals surface area contributed by atoms with Crippen LogP contribution in [0.25, 0.3) is 27.7 Å². The SMILES string of the molecule is [C-]#[N+]c1cc(-c2nc(-c3ccc(OCC(=O)OCC)cc3)no2)ccc1OC(C)C. The summed E-state index contributed by atoms with van der Waals surface area (Å²) in [5.74, 6) is 1.32. The van der Waals surface area contributed by atoms with Gasteiger partial charge in [-0.2, -0.15) is 4.98 Å². The Bertz CT molecular complexity index is 1050. The van der Waals surface area contributed by atoms with Gasteiger partial charge < -0.3 is 18.7 Å². The molecule has 30 heavy (non-hydrogen) atoms. The lowest BCUT2D eigenvalue weighted by Crippen LogP contribution is -2.14. The van der Waals surface area contributed by atoms with Crippen LogP contribution in [0.5, 0.6) is 11.5 Å². The molecule has 0 unspecified atom stereocenters. The number of carbonyl (C=O) groups excluding carboxylic acids is 1. The van der Waals surface area contributed by atoms with Crippen molar-refractivity contribution in [3.63, 3.8) is 0 Å². The number of hydrogen-bond acceptors (Lipinski definition) is 7. The Hall–Kier alpha value is -3.86. The quantitative estimate of drug-likeness (QED) is 0.395. The first-order valence-corrected chi connectivity index (χ1v) is 9.41. The number of benzene rings is 2. The summed E-state index contributed by atoms with van der Waals surface area (Å²) in [5.41, 5.74) is 1.73. The van der Waals surface area contributed by atoms with Gasteiger partial charge in [0.25, 0.3) is 5.89 Å². The normalized spacial score (nSPS) is 10.5. The maximum absolute atomic E-state index is 11.4. The number of carbonyl (C=O) groups is 1. The maximum Gasteiger partial charge on any atom is 0.344 e. The van der Waals surface area contributed by atoms with E-state index in [4.69, 9.17) is 25.3 Å². The minimum Gasteiger partial charge on any atom is -0.502 e. The maximum atomic E-state index is 11.4. The van der Waals surface area contributed by atoms with Gasteiger partial charge in [0.1, 0.15) is 11.5 Å². The third-order valence-corrected chi connectivity index (χ3v) is 3.89. The molecule has 0 spiro atoms. The van der Waals surface area contributed by atoms with Gasteiger partial charge in [0.15, 0.2) is 6.61 Å². The molecular formula is C22H21N3O5. The molecule has 0 aliphatic heterocycles. The third-order valence-electron chi connectivity index (χ3n) is 3.89. The largest absolute Gasteiger partial charge is 0.502 e. The van der Waals surface area contributed by atoms with Gasteiger partial charge in [0.2, 0.25) is 11.5 Å². The van der Waals surface area contributed by atoms with Crippen LogP contribution >= 0.6 is 0 Å². The highest BCUT2D eigenvalue weighted by atomic mass is 16.6. The lowest BCUT2D eigenvalue weighted by atomic mass is 10.1. The Labute approximate surface area is 174 Å². The van der Waals surface area contributed by atoms with Crippen LogP contribution in [0.4, 0.5) is 5.69 Å². The van der Waals surface area contributed by atoms with Gasteiger partial charge >= 0.3 is 5.97 Å². The summed E-state index contributed by atoms with van der Waals surface area (Å²) in [6.07, 6.45) is -0.0319. The summed E-state index contributed by atoms with van der Waals surface area (Å²) in [5, 5.41) is 4.01. The molecule has 0 saturated heterocycles. The number of ether oxygens (including phenoxy) is 3. The highest BCUT2D eigenvalue weighted by Gasteiger charge is 2.14. The van der Waals surface area contributed by atoms with E-state index in [2.05, 4.69) is 15.0 Å². The molecule has 0 atom stereocenters. The zero-order valence-electron chi connectivity index (χ0n) is 16.9. The van der Waals surface area contributed by atoms with E-state index in [-0.39, 0.29) is 12.7 Å². The predicted molar refractivity (Wildman–Crippen MR) is 109 cm³/mol. The molecular weight excluding hydrogens is 386 g/mol. The van der Waals surface area contributed by atoms with Crippen molar-refractivity contribution in [2.24, 2.45) is 0 Å². The molecule has 154 valence electrons. The van der Waals surface area contributed by atoms with Gasteiger partial charge in [-0.05, 0) is 63.2 Å². The highest BCUT2D eigenvalue weighted by Crippen LogP contribution is 2.33. The first kappa shape index (κ1) is 20.9. The van der Waals surface area contributed by atoms with Crippen LogP contribution in [0.3, 0.4) is 0 Å². The van der Waals surface area contributed by atoms with E-state index in [1.165, 1.54) is 0 Å². The minimum atomic E-state index is -0.423. The Morgan fingerprint density at radius 2 is 1.90 bits per heavy atom. The highest BCUT2D eigenvalue weighted by molar-refractivity contribution is 5.71. The van der Waals surface area contributed by atoms with Crippen molar-refractivity contribution >= 4 is 11.7 Å². The van der Waals surface area contributed by atoms with Crippen LogP contribution in [-0.4, -0.2) is 35.4 Å². The molecule has 3 aromatic rings. The monoisotopic (exact) mass is 407 g/mol. The molecule has 1 heterocycles. The van der Waals surface area contributed by atoms with Crippen LogP contribution in [0.1, 0.15) is 20.8 Å². The molecule has 0 radical (unpaired) electrons. The molecule has 3 rings (SSSR count). The molecule has 0 fully saturated rings. The van der Waals surface area contributed by atoms with Gasteiger partial charge in [0.05, 0.1) is 19.3 Å². The molecule has 0 amide bonds. The van der Waals surface area contributed by atoms with Crippen LogP contribution in [-0.2, 0) is 9.53 Å². The van der Waals surface area contributed by atoms with Gasteiger partial charge in [-0.3, -0.25) is 0 Å². The Balaban J connectivity index is 1.73. The molecule has 2 aromatic carbocycles. The second-order valence-corrected chi connectivity index (χ2v) is 6.50. The van der Waals surface area contributed by atoms with Crippen LogP contribution in [0, 0.1) is 6.57 Å². The summed E-state index contributed by atoms with van der Waals surface area (Å²) in [7, 11) is 0. The summed E-state index contributed by atoms with van der Waals surface area (Å²) in [4.78, 5) is 19.3. The second-order valence-electron chi connectivity index (χ2n) is 6.50. The predicted octanol–water partition coefficient (Wildman–Crippen LogP) is 4.68. The Morgan fingerprint density at radius 1 is 1.17 bits per heavy atom. The van der Waals surface area contributed by atoms with Crippen molar-refractivity contribution in [2.45, 2.75) is 26.9 Å². The van der Waals surface area contributed by atoms with E-state index >= 15 is 0 Å². The first-order chi connectivity index (χ1) is 14.5. The number of aromatic nitrogens is 2. The lowest BCUT2D eigenvalue weighted by Gasteiger charge is -2.11. The lowest BCUT2D eigenvalue weighted by molar-refractivity contribution is -0.145. The molecule has 0 saturated carbocycles. The second kappa shape index (κ2) is 9.56. The zero-order valence-corrected chi connectivity index (χ0v) is 16.9. The number of esters is 1. The first-order valence-electron chi connectivity index (χ1n) is 9.41. The molecule has 0 bridgehead atoms. The number of rotatable bonds is 8. The number of hydrogen-bond donors (Lipinski definition) is 0. The summed E-state index contributed by atoms with van der Waals surface area (Å²) in [6, 6.07) is 12.1. The van der Waals surface area contributed by atoms with Crippen molar-refractivity contribution in [3.8, 4) is 34.3 Å². The summed E-state index contributed by atoms with van der Waals surface area (Å²) >= 11 is 0. The van der Waals surface area contributed by atoms with Crippen molar-refractivity contribution in [1.82, 2.24) is 10.1 Å². The molecule has 8 nitrogen and oxygen atoms in total. The molecule has 8 heteroatoms. The van der Waals surface area contributed by atoms with E-state index < -0.39 is 5.97 Å². The third kappa shape index (κ3) is 5.14. The van der Waals surface area contributed by atoms with Crippen LogP contribution in [0.15, 0.2) is 47.0 Å². The molecule has 0 N–H and O–H groups in total. The van der Waals surface area contributed by atoms with Crippen molar-refractivity contribution in [2.75, 3.05) is 13.2 Å². The average Bonchev–Trinajstić information content (AvgIpc) is 3.23. The molecule has 0 aliphatic rings. The van der Waals surface area contributed by atoms with Gasteiger partial charge in [-0.15, -0.1) is 0 Å². The standard InChI is InChI=1S/C22H21N3O5/c1-5-27-20(26)13-28-17-9-6-15(7-10-17)21-24-22(30-25-21)16-8-11-19(29-14(2)3)18(12-16)23-4/h6-12,14H,5,13H2,1-3H3. The molecule has 1 aromatic heterocycles. The van der Waals surface area contributed by atoms with Gasteiger partial charge in [-0.1, -0.05) is 5.16 Å². The van der Waals surface area contributed by atoms with E-state index in [9.17, 15) is 4.79 Å². The summed E-state index contributed by atoms with van der Waals surface area (Å²) < 4.78 is 21.2. The van der Waals surface area contributed by atoms with E-state index in [1.807, 2.05) is 13.8 Å². The van der Waals surface area contributed by atoms with Gasteiger partial charge in [0, 0.05) is 11.1 Å². The topological polar surface area (TPSA) is 88.0 Å². The smallest absolute Gasteiger partial charge is 0.344 e. The van der Waals surface area contributed by atoms with Gasteiger partial charge in [-0.25, -0.2) is 9.64 Å². The van der Waals surface area contributed by atoms with E-state index in [0.717, 1.165) is 5.56 Å². The Kier molecular flexibility index (Phi) is 6.65. The fourth-order valence-corrected chi connectivity index (χ4v) is 2.59. The van der Waals surface area contributed by atoms with Crippen molar-refractivity contribution in [3.05, 3.63) is 53.9 Å². The van der Waals surface area contributed by atoms with Crippen molar-refractivity contribution in [1.29, 1.82) is 0 Å². The fraction of sp³-hybridized carbons (Fsp3) is 0.273. The number of nitrogens with zero attached hydrogens (tertiary/aromatic N) is 3. The summed E-state index contributed by atoms with van der Waals surface area (Å²) in [6.45, 7) is 13.1. The van der Waals surface area contributed by atoms with Crippen LogP contribution in [0.2, 0.25) is 0 Å². The minimum absolute atomic E-state index is 0.0319. The van der Waals surface area contributed by atoms with E-state index in [0.29, 0.717) is 41.1 Å². The van der Waals surface area contributed by atoms with Crippen molar-refractivity contribution < 1.29 is 23.5 Å². The Morgan fingerprint density at radius 3 is 2.57 bits per heavy atom. The average molecular weight is 407 g/mol. The fourth-order valence-electron chi connectivity index (χ4n) is 2.59. The van der Waals surface area contributed by atoms with Crippen LogP contribution < -0.4 is 9.47 Å².